The highest BCUT2D eigenvalue weighted by atomic mass is 32.2. The fraction of sp³-hybridized carbons (Fsp3) is 0. The van der Waals surface area contributed by atoms with E-state index in [2.05, 4.69) is 20.2 Å². The third kappa shape index (κ3) is 2.07. The van der Waals surface area contributed by atoms with Crippen molar-refractivity contribution in [3.63, 3.8) is 0 Å². The molecule has 0 saturated carbocycles. The van der Waals surface area contributed by atoms with Gasteiger partial charge in [0.1, 0.15) is 11.4 Å². The normalized spacial score (nSPS) is 10.8. The molecule has 0 fully saturated rings. The van der Waals surface area contributed by atoms with Crippen molar-refractivity contribution in [3.8, 4) is 0 Å². The summed E-state index contributed by atoms with van der Waals surface area (Å²) in [5.41, 5.74) is 7.38. The van der Waals surface area contributed by atoms with E-state index in [9.17, 15) is 0 Å². The quantitative estimate of drug-likeness (QED) is 0.673. The van der Waals surface area contributed by atoms with Gasteiger partial charge in [-0.25, -0.2) is 9.97 Å². The molecule has 6 heteroatoms. The van der Waals surface area contributed by atoms with Gasteiger partial charge in [-0.3, -0.25) is 5.10 Å². The summed E-state index contributed by atoms with van der Waals surface area (Å²) < 4.78 is 0. The molecule has 0 bridgehead atoms. The molecule has 0 saturated heterocycles. The summed E-state index contributed by atoms with van der Waals surface area (Å²) in [6.07, 6.45) is 1.48. The highest BCUT2D eigenvalue weighted by Gasteiger charge is 2.03. The van der Waals surface area contributed by atoms with Crippen molar-refractivity contribution in [2.24, 2.45) is 0 Å². The third-order valence-corrected chi connectivity index (χ3v) is 3.11. The van der Waals surface area contributed by atoms with E-state index in [4.69, 9.17) is 5.73 Å². The topological polar surface area (TPSA) is 80.5 Å². The average molecular weight is 243 g/mol. The molecule has 0 unspecified atom stereocenters. The van der Waals surface area contributed by atoms with Crippen LogP contribution in [-0.2, 0) is 0 Å². The summed E-state index contributed by atoms with van der Waals surface area (Å²) in [6.45, 7) is 0. The lowest BCUT2D eigenvalue weighted by molar-refractivity contribution is 0.969. The minimum Gasteiger partial charge on any atom is -0.399 e. The average Bonchev–Trinajstić information content (AvgIpc) is 2.82. The van der Waals surface area contributed by atoms with Crippen molar-refractivity contribution < 1.29 is 0 Å². The number of pyridine rings is 1. The maximum Gasteiger partial charge on any atom is 0.189 e. The third-order valence-electron chi connectivity index (χ3n) is 2.28. The van der Waals surface area contributed by atoms with Gasteiger partial charge in [0.25, 0.3) is 0 Å². The highest BCUT2D eigenvalue weighted by Crippen LogP contribution is 2.25. The Hall–Kier alpha value is -2.08. The first-order valence-corrected chi connectivity index (χ1v) is 5.82. The molecule has 0 radical (unpaired) electrons. The van der Waals surface area contributed by atoms with Crippen LogP contribution in [0.3, 0.4) is 0 Å². The molecule has 3 aromatic rings. The second kappa shape index (κ2) is 4.06. The van der Waals surface area contributed by atoms with Crippen LogP contribution in [-0.4, -0.2) is 20.2 Å². The molecule has 1 aromatic carbocycles. The van der Waals surface area contributed by atoms with Gasteiger partial charge in [0.05, 0.1) is 5.52 Å². The van der Waals surface area contributed by atoms with Gasteiger partial charge in [-0.2, -0.15) is 5.10 Å². The molecule has 0 aliphatic carbocycles. The van der Waals surface area contributed by atoms with Gasteiger partial charge < -0.3 is 5.73 Å². The first-order chi connectivity index (χ1) is 8.31. The Morgan fingerprint density at radius 1 is 1.18 bits per heavy atom. The number of rotatable bonds is 2. The number of nitrogens with zero attached hydrogens (tertiary/aromatic N) is 3. The van der Waals surface area contributed by atoms with Crippen LogP contribution in [0.1, 0.15) is 0 Å². The monoisotopic (exact) mass is 243 g/mol. The molecule has 3 rings (SSSR count). The Balaban J connectivity index is 1.99. The summed E-state index contributed by atoms with van der Waals surface area (Å²) in [5.74, 6) is 0. The Labute approximate surface area is 101 Å². The Kier molecular flexibility index (Phi) is 2.41. The van der Waals surface area contributed by atoms with Crippen molar-refractivity contribution in [2.75, 3.05) is 5.73 Å². The van der Waals surface area contributed by atoms with Gasteiger partial charge in [-0.15, -0.1) is 0 Å². The number of H-pyrrole nitrogens is 1. The van der Waals surface area contributed by atoms with E-state index in [-0.39, 0.29) is 0 Å². The predicted octanol–water partition coefficient (Wildman–Crippen LogP) is 2.09. The smallest absolute Gasteiger partial charge is 0.189 e. The summed E-state index contributed by atoms with van der Waals surface area (Å²) in [4.78, 5) is 8.55. The van der Waals surface area contributed by atoms with E-state index in [1.54, 1.807) is 0 Å². The Bertz CT molecular complexity index is 650. The highest BCUT2D eigenvalue weighted by molar-refractivity contribution is 7.99. The first-order valence-electron chi connectivity index (χ1n) is 5.01. The number of aromatic nitrogens is 4. The fourth-order valence-corrected chi connectivity index (χ4v) is 2.20. The molecule has 3 N–H and O–H groups in total. The van der Waals surface area contributed by atoms with E-state index >= 15 is 0 Å². The molecule has 17 heavy (non-hydrogen) atoms. The van der Waals surface area contributed by atoms with Crippen molar-refractivity contribution in [1.82, 2.24) is 20.2 Å². The second-order valence-corrected chi connectivity index (χ2v) is 4.50. The van der Waals surface area contributed by atoms with Crippen LogP contribution in [0.4, 0.5) is 5.69 Å². The van der Waals surface area contributed by atoms with E-state index in [1.165, 1.54) is 18.1 Å². The number of hydrogen-bond donors (Lipinski definition) is 2. The fourth-order valence-electron chi connectivity index (χ4n) is 1.52. The minimum atomic E-state index is 0.729. The van der Waals surface area contributed by atoms with Crippen LogP contribution in [0.15, 0.2) is 46.8 Å². The second-order valence-electron chi connectivity index (χ2n) is 3.49. The maximum absolute atomic E-state index is 5.72. The number of benzene rings is 1. The van der Waals surface area contributed by atoms with Crippen molar-refractivity contribution in [3.05, 3.63) is 36.7 Å². The van der Waals surface area contributed by atoms with E-state index in [0.717, 1.165) is 26.8 Å². The molecule has 0 aliphatic heterocycles. The van der Waals surface area contributed by atoms with Gasteiger partial charge in [-0.05, 0) is 36.0 Å². The van der Waals surface area contributed by atoms with Crippen molar-refractivity contribution in [2.45, 2.75) is 10.2 Å². The number of aromatic amines is 1. The summed E-state index contributed by atoms with van der Waals surface area (Å²) in [5, 5.41) is 9.21. The lowest BCUT2D eigenvalue weighted by Gasteiger charge is -2.01. The number of nitrogens with two attached hydrogens (primary N) is 1. The molecule has 2 aromatic heterocycles. The molecule has 0 amide bonds. The SMILES string of the molecule is Nc1ccc2nc(Sc3ncn[nH]3)ccc2c1. The van der Waals surface area contributed by atoms with Gasteiger partial charge in [0.2, 0.25) is 0 Å². The minimum absolute atomic E-state index is 0.729. The van der Waals surface area contributed by atoms with Gasteiger partial charge in [0, 0.05) is 11.1 Å². The number of nitrogen functional groups attached to an aromatic ring is 1. The Morgan fingerprint density at radius 3 is 2.94 bits per heavy atom. The lowest BCUT2D eigenvalue weighted by atomic mass is 10.2. The van der Waals surface area contributed by atoms with Gasteiger partial charge >= 0.3 is 0 Å². The number of nitrogens with one attached hydrogen (secondary N) is 1. The predicted molar refractivity (Wildman–Crippen MR) is 66.7 cm³/mol. The molecule has 0 spiro atoms. The van der Waals surface area contributed by atoms with Crippen LogP contribution in [0, 0.1) is 0 Å². The molecular formula is C11H9N5S. The van der Waals surface area contributed by atoms with Crippen LogP contribution >= 0.6 is 11.8 Å². The van der Waals surface area contributed by atoms with Crippen LogP contribution in [0.5, 0.6) is 0 Å². The van der Waals surface area contributed by atoms with Crippen LogP contribution in [0.2, 0.25) is 0 Å². The summed E-state index contributed by atoms with van der Waals surface area (Å²) in [6, 6.07) is 9.60. The summed E-state index contributed by atoms with van der Waals surface area (Å²) >= 11 is 1.44. The molecule has 2 heterocycles. The molecule has 0 atom stereocenters. The molecular weight excluding hydrogens is 234 g/mol. The zero-order valence-electron chi connectivity index (χ0n) is 8.79. The van der Waals surface area contributed by atoms with E-state index < -0.39 is 0 Å². The Morgan fingerprint density at radius 2 is 2.12 bits per heavy atom. The zero-order chi connectivity index (χ0) is 11.7. The zero-order valence-corrected chi connectivity index (χ0v) is 9.61. The van der Waals surface area contributed by atoms with Crippen molar-refractivity contribution >= 4 is 28.4 Å². The van der Waals surface area contributed by atoms with E-state index in [1.807, 2.05) is 30.3 Å². The molecule has 0 aliphatic rings. The maximum atomic E-state index is 5.72. The number of fused-ring (bicyclic) bond motifs is 1. The summed E-state index contributed by atoms with van der Waals surface area (Å²) in [7, 11) is 0. The number of hydrogen-bond acceptors (Lipinski definition) is 5. The van der Waals surface area contributed by atoms with Gasteiger partial charge in [-0.1, -0.05) is 6.07 Å². The first kappa shape index (κ1) is 10.1. The van der Waals surface area contributed by atoms with Gasteiger partial charge in [0.15, 0.2) is 5.16 Å². The van der Waals surface area contributed by atoms with E-state index in [0.29, 0.717) is 0 Å². The molecule has 5 nitrogen and oxygen atoms in total. The largest absolute Gasteiger partial charge is 0.399 e. The molecule has 84 valence electrons. The van der Waals surface area contributed by atoms with Crippen LogP contribution in [0.25, 0.3) is 10.9 Å². The van der Waals surface area contributed by atoms with Crippen molar-refractivity contribution in [1.29, 1.82) is 0 Å². The lowest BCUT2D eigenvalue weighted by Crippen LogP contribution is -1.87. The standard InChI is InChI=1S/C11H9N5S/c12-8-2-3-9-7(5-8)1-4-10(15-9)17-11-13-6-14-16-11/h1-6H,12H2,(H,13,14,16). The number of anilines is 1. The van der Waals surface area contributed by atoms with Crippen LogP contribution < -0.4 is 5.73 Å².